The van der Waals surface area contributed by atoms with E-state index in [1.165, 1.54) is 0 Å². The molecule has 9 heavy (non-hydrogen) atoms. The maximum atomic E-state index is 8.87. The molecule has 0 aromatic carbocycles. The van der Waals surface area contributed by atoms with E-state index in [0.717, 1.165) is 0 Å². The van der Waals surface area contributed by atoms with Gasteiger partial charge in [0.05, 0.1) is 0 Å². The van der Waals surface area contributed by atoms with Crippen molar-refractivity contribution in [3.05, 3.63) is 0 Å². The van der Waals surface area contributed by atoms with Gasteiger partial charge in [0.2, 0.25) is 0 Å². The van der Waals surface area contributed by atoms with Crippen LogP contribution >= 0.6 is 31.0 Å². The molecule has 0 fully saturated rings. The van der Waals surface area contributed by atoms with Crippen molar-refractivity contribution in [1.29, 1.82) is 0 Å². The second kappa shape index (κ2) is 11.5. The van der Waals surface area contributed by atoms with Crippen molar-refractivity contribution < 1.29 is 14.4 Å². The van der Waals surface area contributed by atoms with Gasteiger partial charge in [-0.05, 0) is 0 Å². The van der Waals surface area contributed by atoms with Gasteiger partial charge in [0.1, 0.15) is 0 Å². The molecule has 0 unspecified atom stereocenters. The van der Waals surface area contributed by atoms with Crippen molar-refractivity contribution in [3.63, 3.8) is 0 Å². The van der Waals surface area contributed by atoms with Crippen LogP contribution in [0.5, 0.6) is 0 Å². The molecular weight excluding hydrogens is 265 g/mol. The Bertz CT molecular complexity index is 72.9. The van der Waals surface area contributed by atoms with E-state index >= 15 is 0 Å². The summed E-state index contributed by atoms with van der Waals surface area (Å²) < 4.78 is 8.87. The van der Waals surface area contributed by atoms with Gasteiger partial charge < -0.3 is 14.4 Å². The van der Waals surface area contributed by atoms with Gasteiger partial charge in [0.25, 0.3) is 0 Å². The van der Waals surface area contributed by atoms with Crippen LogP contribution < -0.4 is 9.79 Å². The van der Waals surface area contributed by atoms with Crippen LogP contribution in [0.4, 0.5) is 0 Å². The first kappa shape index (κ1) is 18.3. The van der Waals surface area contributed by atoms with E-state index in [0.29, 0.717) is 0 Å². The Balaban J connectivity index is -0.0000000800. The van der Waals surface area contributed by atoms with Gasteiger partial charge in [-0.3, -0.25) is 0 Å². The van der Waals surface area contributed by atoms with E-state index in [1.807, 2.05) is 0 Å². The Morgan fingerprint density at radius 1 is 1.33 bits per heavy atom. The summed E-state index contributed by atoms with van der Waals surface area (Å²) in [6.07, 6.45) is 9.90. The summed E-state index contributed by atoms with van der Waals surface area (Å²) in [6, 6.07) is 0. The van der Waals surface area contributed by atoms with Gasteiger partial charge in [-0.15, -0.1) is 0 Å². The molecule has 0 atom stereocenters. The molecule has 0 saturated carbocycles. The zero-order valence-electron chi connectivity index (χ0n) is 4.22. The molecule has 9 heteroatoms. The molecule has 0 rings (SSSR count). The molecule has 3 nitrogen and oxygen atoms in total. The molecule has 0 heterocycles. The number of rotatable bonds is 0. The summed E-state index contributed by atoms with van der Waals surface area (Å²) >= 11 is 3.04. The first-order chi connectivity index (χ1) is 3.41. The standard InChI is InChI=1S/2Ca.ClH2O3P.2ClH/c;;1-5(2,3)4;;/h;;(H2,2,3,4);2*1H/q2*+2;;;/p-4. The molecular formula is Ca2Cl3O3P. The van der Waals surface area contributed by atoms with Crippen LogP contribution in [0, 0.1) is 0 Å². The number of hydrogen-bond donors (Lipinski definition) is 0. The van der Waals surface area contributed by atoms with Crippen LogP contribution in [0.1, 0.15) is 0 Å². The molecule has 0 spiro atoms. The molecule has 0 aliphatic heterocycles. The summed E-state index contributed by atoms with van der Waals surface area (Å²) in [7, 11) is 0. The van der Waals surface area contributed by atoms with E-state index in [4.69, 9.17) is 27.1 Å². The van der Waals surface area contributed by atoms with Crippen molar-refractivity contribution in [1.82, 2.24) is 0 Å². The van der Waals surface area contributed by atoms with Gasteiger partial charge in [0.15, 0.2) is 0 Å². The van der Waals surface area contributed by atoms with Crippen LogP contribution in [-0.4, -0.2) is 68.6 Å². The summed E-state index contributed by atoms with van der Waals surface area (Å²) in [6.45, 7) is -4.67. The third-order valence-corrected chi connectivity index (χ3v) is 0. The summed E-state index contributed by atoms with van der Waals surface area (Å²) in [5, 5.41) is 0. The second-order valence-corrected chi connectivity index (χ2v) is 6.28. The van der Waals surface area contributed by atoms with E-state index in [-0.39, 0.29) is 37.7 Å². The molecule has 0 aromatic rings. The van der Waals surface area contributed by atoms with Crippen LogP contribution in [0.15, 0.2) is 0 Å². The predicted molar refractivity (Wildman–Crippen MR) is 36.7 cm³/mol. The van der Waals surface area contributed by atoms with Crippen LogP contribution in [0.2, 0.25) is 0 Å². The molecule has 0 saturated heterocycles. The van der Waals surface area contributed by atoms with E-state index in [1.54, 1.807) is 0 Å². The zero-order valence-corrected chi connectivity index (χ0v) is 11.8. The quantitative estimate of drug-likeness (QED) is 0.445. The molecule has 48 valence electrons. The molecule has 0 amide bonds. The Hall–Kier alpha value is 3.54. The first-order valence-corrected chi connectivity index (χ1v) is 9.78. The van der Waals surface area contributed by atoms with Gasteiger partial charge in [0, 0.05) is 6.95 Å². The monoisotopic (exact) mass is 264 g/mol. The van der Waals surface area contributed by atoms with E-state index in [9.17, 15) is 0 Å². The zero-order chi connectivity index (χ0) is 7.21. The van der Waals surface area contributed by atoms with Crippen LogP contribution in [-0.2, 0) is 4.57 Å². The summed E-state index contributed by atoms with van der Waals surface area (Å²) in [5.41, 5.74) is 0. The fourth-order valence-electron chi connectivity index (χ4n) is 0. The third-order valence-electron chi connectivity index (χ3n) is 0. The Morgan fingerprint density at radius 3 is 1.33 bits per heavy atom. The minimum atomic E-state index is -4.67. The maximum absolute atomic E-state index is 8.87. The Morgan fingerprint density at radius 2 is 1.33 bits per heavy atom. The molecule has 0 aromatic heterocycles. The average Bonchev–Trinajstić information content (AvgIpc) is 1.27. The Kier molecular flexibility index (Phi) is 23.5. The fourth-order valence-corrected chi connectivity index (χ4v) is 0. The average molecular weight is 265 g/mol. The van der Waals surface area contributed by atoms with Crippen molar-refractivity contribution in [3.8, 4) is 0 Å². The van der Waals surface area contributed by atoms with Gasteiger partial charge in [-0.2, -0.15) is 0 Å². The molecule has 0 aliphatic carbocycles. The van der Waals surface area contributed by atoms with E-state index < -0.39 is 37.8 Å². The normalized spacial score (nSPS) is 7.67. The second-order valence-electron chi connectivity index (χ2n) is 0.532. The van der Waals surface area contributed by atoms with E-state index in [2.05, 4.69) is 11.2 Å². The predicted octanol–water partition coefficient (Wildman–Crippen LogP) is -0.329. The minimum absolute atomic E-state index is 0. The third kappa shape index (κ3) is 83.8. The van der Waals surface area contributed by atoms with Gasteiger partial charge >= 0.3 is 81.4 Å². The number of hydrogen-bond acceptors (Lipinski definition) is 3. The Labute approximate surface area is 111 Å². The molecule has 0 N–H and O–H groups in total. The van der Waals surface area contributed by atoms with Crippen molar-refractivity contribution in [2.45, 2.75) is 0 Å². The van der Waals surface area contributed by atoms with Gasteiger partial charge in [-0.25, -0.2) is 0 Å². The molecule has 0 aliphatic rings. The van der Waals surface area contributed by atoms with Crippen molar-refractivity contribution in [2.24, 2.45) is 0 Å². The fraction of sp³-hybridized carbons (Fsp3) is 0. The van der Waals surface area contributed by atoms with Crippen LogP contribution in [0.25, 0.3) is 0 Å². The van der Waals surface area contributed by atoms with Gasteiger partial charge in [-0.1, -0.05) is 11.2 Å². The van der Waals surface area contributed by atoms with Crippen LogP contribution in [0.3, 0.4) is 0 Å². The number of halogens is 3. The SMILES string of the molecule is O=P([O-])([O-])Cl.[Ca+2].[Cl][Ca][Cl]. The molecule has 0 bridgehead atoms. The van der Waals surface area contributed by atoms with Crippen molar-refractivity contribution in [2.75, 3.05) is 0 Å². The topological polar surface area (TPSA) is 63.2 Å². The van der Waals surface area contributed by atoms with Crippen molar-refractivity contribution >= 4 is 99.5 Å². The summed E-state index contributed by atoms with van der Waals surface area (Å²) in [5.74, 6) is 0. The molecule has 0 radical (unpaired) electrons. The first-order valence-electron chi connectivity index (χ1n) is 1.25. The summed E-state index contributed by atoms with van der Waals surface area (Å²) in [4.78, 5) is 17.7.